The number of carbonyl (C=O) groups excluding carboxylic acids is 1. The second-order valence-electron chi connectivity index (χ2n) is 3.90. The second kappa shape index (κ2) is 4.70. The van der Waals surface area contributed by atoms with Gasteiger partial charge in [-0.2, -0.15) is 0 Å². The molecule has 0 aromatic heterocycles. The lowest BCUT2D eigenvalue weighted by atomic mass is 9.96. The Balaban J connectivity index is 3.24. The van der Waals surface area contributed by atoms with Crippen LogP contribution in [-0.4, -0.2) is 12.3 Å². The van der Waals surface area contributed by atoms with Gasteiger partial charge in [-0.1, -0.05) is 17.7 Å². The van der Waals surface area contributed by atoms with E-state index < -0.39 is 5.92 Å². The average Bonchev–Trinajstić information content (AvgIpc) is 2.16. The number of alkyl halides is 2. The van der Waals surface area contributed by atoms with Crippen LogP contribution in [0.15, 0.2) is 18.2 Å². The minimum atomic E-state index is -3.01. The Morgan fingerprint density at radius 3 is 2.56 bits per heavy atom. The van der Waals surface area contributed by atoms with E-state index >= 15 is 0 Å². The Bertz CT molecular complexity index is 396. The molecule has 0 spiro atoms. The molecule has 0 amide bonds. The van der Waals surface area contributed by atoms with Crippen molar-refractivity contribution in [1.29, 1.82) is 0 Å². The van der Waals surface area contributed by atoms with Crippen molar-refractivity contribution < 1.29 is 13.6 Å². The number of halogens is 2. The molecule has 0 aliphatic heterocycles. The fourth-order valence-electron chi connectivity index (χ4n) is 1.54. The van der Waals surface area contributed by atoms with Crippen LogP contribution >= 0.6 is 0 Å². The number of carbonyl (C=O) groups is 1. The molecule has 0 aliphatic carbocycles. The first-order valence-corrected chi connectivity index (χ1v) is 5.08. The maximum absolute atomic E-state index is 13.3. The van der Waals surface area contributed by atoms with Crippen LogP contribution in [0.1, 0.15) is 34.8 Å². The molecule has 0 atom stereocenters. The molecule has 0 unspecified atom stereocenters. The van der Waals surface area contributed by atoms with Gasteiger partial charge in [0.15, 0.2) is 5.78 Å². The van der Waals surface area contributed by atoms with E-state index in [9.17, 15) is 13.6 Å². The van der Waals surface area contributed by atoms with E-state index in [-0.39, 0.29) is 29.9 Å². The average molecular weight is 227 g/mol. The summed E-state index contributed by atoms with van der Waals surface area (Å²) < 4.78 is 26.5. The fourth-order valence-corrected chi connectivity index (χ4v) is 1.54. The van der Waals surface area contributed by atoms with Crippen molar-refractivity contribution in [3.8, 4) is 0 Å². The lowest BCUT2D eigenvalue weighted by Gasteiger charge is -2.15. The number of hydrogen-bond donors (Lipinski definition) is 1. The Labute approximate surface area is 93.5 Å². The van der Waals surface area contributed by atoms with Gasteiger partial charge in [-0.15, -0.1) is 0 Å². The zero-order chi connectivity index (χ0) is 12.3. The fraction of sp³-hybridized carbons (Fsp3) is 0.417. The van der Waals surface area contributed by atoms with Gasteiger partial charge < -0.3 is 5.73 Å². The van der Waals surface area contributed by atoms with Crippen LogP contribution in [0, 0.1) is 6.92 Å². The lowest BCUT2D eigenvalue weighted by Crippen LogP contribution is -2.16. The minimum absolute atomic E-state index is 0.0814. The van der Waals surface area contributed by atoms with Gasteiger partial charge in [0.2, 0.25) is 0 Å². The van der Waals surface area contributed by atoms with Crippen molar-refractivity contribution in [1.82, 2.24) is 0 Å². The molecule has 2 N–H and O–H groups in total. The van der Waals surface area contributed by atoms with E-state index in [1.165, 1.54) is 12.1 Å². The lowest BCUT2D eigenvalue weighted by molar-refractivity contribution is 0.0164. The summed E-state index contributed by atoms with van der Waals surface area (Å²) in [5.74, 6) is -3.34. The highest BCUT2D eigenvalue weighted by Gasteiger charge is 2.29. The van der Waals surface area contributed by atoms with E-state index in [1.54, 1.807) is 13.0 Å². The molecule has 0 aliphatic rings. The third kappa shape index (κ3) is 2.85. The quantitative estimate of drug-likeness (QED) is 0.803. The largest absolute Gasteiger partial charge is 0.330 e. The molecule has 1 aromatic rings. The van der Waals surface area contributed by atoms with Crippen LogP contribution in [0.5, 0.6) is 0 Å². The third-order valence-electron chi connectivity index (χ3n) is 2.32. The molecule has 0 saturated carbocycles. The summed E-state index contributed by atoms with van der Waals surface area (Å²) in [5.41, 5.74) is 5.90. The van der Waals surface area contributed by atoms with Crippen molar-refractivity contribution in [2.75, 3.05) is 6.54 Å². The normalized spacial score (nSPS) is 11.6. The van der Waals surface area contributed by atoms with Gasteiger partial charge in [0.05, 0.1) is 0 Å². The molecular formula is C12H15F2NO. The Hall–Kier alpha value is -1.29. The molecule has 0 saturated heterocycles. The van der Waals surface area contributed by atoms with E-state index in [2.05, 4.69) is 0 Å². The number of benzene rings is 1. The van der Waals surface area contributed by atoms with Crippen LogP contribution < -0.4 is 5.73 Å². The van der Waals surface area contributed by atoms with Crippen molar-refractivity contribution in [2.24, 2.45) is 5.73 Å². The predicted octanol–water partition coefficient (Wildman–Crippen LogP) is 2.64. The summed E-state index contributed by atoms with van der Waals surface area (Å²) in [6, 6.07) is 4.37. The van der Waals surface area contributed by atoms with Crippen molar-refractivity contribution in [2.45, 2.75) is 26.2 Å². The highest BCUT2D eigenvalue weighted by atomic mass is 19.3. The van der Waals surface area contributed by atoms with E-state index in [1.807, 2.05) is 0 Å². The monoisotopic (exact) mass is 227 g/mol. The molecule has 2 nitrogen and oxygen atoms in total. The predicted molar refractivity (Wildman–Crippen MR) is 58.7 cm³/mol. The van der Waals surface area contributed by atoms with Crippen LogP contribution in [0.4, 0.5) is 8.78 Å². The number of Topliss-reactive ketones (excluding diaryl/α,β-unsaturated/α-hetero) is 1. The molecule has 0 radical (unpaired) electrons. The van der Waals surface area contributed by atoms with E-state index in [4.69, 9.17) is 5.73 Å². The van der Waals surface area contributed by atoms with Crippen molar-refractivity contribution >= 4 is 5.78 Å². The first-order valence-electron chi connectivity index (χ1n) is 5.08. The summed E-state index contributed by atoms with van der Waals surface area (Å²) in [7, 11) is 0. The van der Waals surface area contributed by atoms with Gasteiger partial charge in [0.1, 0.15) is 0 Å². The van der Waals surface area contributed by atoms with E-state index in [0.29, 0.717) is 0 Å². The summed E-state index contributed by atoms with van der Waals surface area (Å²) in [5, 5.41) is 0. The summed E-state index contributed by atoms with van der Waals surface area (Å²) >= 11 is 0. The topological polar surface area (TPSA) is 43.1 Å². The van der Waals surface area contributed by atoms with Gasteiger partial charge in [-0.25, -0.2) is 8.78 Å². The third-order valence-corrected chi connectivity index (χ3v) is 2.32. The first-order chi connectivity index (χ1) is 7.36. The molecule has 1 aromatic carbocycles. The first kappa shape index (κ1) is 12.8. The van der Waals surface area contributed by atoms with Crippen LogP contribution in [0.3, 0.4) is 0 Å². The summed E-state index contributed by atoms with van der Waals surface area (Å²) in [6.07, 6.45) is 0.0898. The van der Waals surface area contributed by atoms with Crippen molar-refractivity contribution in [3.05, 3.63) is 34.9 Å². The molecule has 16 heavy (non-hydrogen) atoms. The molecule has 0 bridgehead atoms. The molecule has 1 rings (SSSR count). The standard InChI is InChI=1S/C12H15F2NO/c1-8-3-4-10(12(2,13)14)9(7-8)11(16)5-6-15/h3-4,7H,5-6,15H2,1-2H3. The van der Waals surface area contributed by atoms with E-state index in [0.717, 1.165) is 12.5 Å². The second-order valence-corrected chi connectivity index (χ2v) is 3.90. The molecular weight excluding hydrogens is 212 g/mol. The number of hydrogen-bond acceptors (Lipinski definition) is 2. The zero-order valence-corrected chi connectivity index (χ0v) is 9.39. The summed E-state index contributed by atoms with van der Waals surface area (Å²) in [6.45, 7) is 2.72. The van der Waals surface area contributed by atoms with Crippen LogP contribution in [0.25, 0.3) is 0 Å². The Morgan fingerprint density at radius 1 is 1.44 bits per heavy atom. The van der Waals surface area contributed by atoms with Gasteiger partial charge in [0, 0.05) is 24.5 Å². The number of rotatable bonds is 4. The van der Waals surface area contributed by atoms with Gasteiger partial charge in [-0.3, -0.25) is 4.79 Å². The molecule has 88 valence electrons. The summed E-state index contributed by atoms with van der Waals surface area (Å²) in [4.78, 5) is 11.7. The van der Waals surface area contributed by atoms with Crippen LogP contribution in [-0.2, 0) is 5.92 Å². The maximum Gasteiger partial charge on any atom is 0.271 e. The molecule has 0 heterocycles. The Kier molecular flexibility index (Phi) is 3.75. The number of ketones is 1. The van der Waals surface area contributed by atoms with Gasteiger partial charge in [0.25, 0.3) is 5.92 Å². The minimum Gasteiger partial charge on any atom is -0.330 e. The molecule has 4 heteroatoms. The van der Waals surface area contributed by atoms with Gasteiger partial charge in [-0.05, 0) is 19.5 Å². The number of aryl methyl sites for hydroxylation is 1. The maximum atomic E-state index is 13.3. The zero-order valence-electron chi connectivity index (χ0n) is 9.39. The Morgan fingerprint density at radius 2 is 2.06 bits per heavy atom. The highest BCUT2D eigenvalue weighted by molar-refractivity contribution is 5.98. The van der Waals surface area contributed by atoms with Crippen LogP contribution in [0.2, 0.25) is 0 Å². The highest BCUT2D eigenvalue weighted by Crippen LogP contribution is 2.31. The van der Waals surface area contributed by atoms with Gasteiger partial charge >= 0.3 is 0 Å². The number of nitrogens with two attached hydrogens (primary N) is 1. The van der Waals surface area contributed by atoms with Crippen molar-refractivity contribution in [3.63, 3.8) is 0 Å². The SMILES string of the molecule is Cc1ccc(C(C)(F)F)c(C(=O)CCN)c1. The smallest absolute Gasteiger partial charge is 0.271 e. The molecule has 0 fully saturated rings.